The van der Waals surface area contributed by atoms with E-state index in [0.717, 1.165) is 11.1 Å². The number of fused-ring (bicyclic) bond motifs is 1. The molecule has 0 unspecified atom stereocenters. The van der Waals surface area contributed by atoms with Crippen molar-refractivity contribution in [1.82, 2.24) is 5.32 Å². The van der Waals surface area contributed by atoms with Crippen molar-refractivity contribution in [3.63, 3.8) is 0 Å². The number of hydrogen-bond donors (Lipinski definition) is 5. The normalized spacial score (nSPS) is 15.7. The molecule has 1 aliphatic rings. The van der Waals surface area contributed by atoms with Gasteiger partial charge in [-0.1, -0.05) is 18.2 Å². The van der Waals surface area contributed by atoms with Crippen LogP contribution in [-0.2, 0) is 19.5 Å². The van der Waals surface area contributed by atoms with Crippen molar-refractivity contribution in [3.8, 4) is 5.75 Å². The zero-order valence-corrected chi connectivity index (χ0v) is 14.5. The molecule has 3 rings (SSSR count). The zero-order valence-electron chi connectivity index (χ0n) is 14.5. The number of rotatable bonds is 5. The zero-order chi connectivity index (χ0) is 19.6. The molecule has 0 saturated heterocycles. The van der Waals surface area contributed by atoms with E-state index in [-0.39, 0.29) is 30.8 Å². The molecular formula is C18H20BN3O5. The van der Waals surface area contributed by atoms with E-state index < -0.39 is 24.9 Å². The first-order valence-corrected chi connectivity index (χ1v) is 8.46. The molecule has 2 aromatic rings. The van der Waals surface area contributed by atoms with Crippen LogP contribution in [0.1, 0.15) is 37.4 Å². The van der Waals surface area contributed by atoms with Crippen molar-refractivity contribution in [2.45, 2.75) is 25.5 Å². The second-order valence-electron chi connectivity index (χ2n) is 6.34. The molecular weight excluding hydrogens is 349 g/mol. The van der Waals surface area contributed by atoms with Crippen molar-refractivity contribution in [2.24, 2.45) is 11.5 Å². The summed E-state index contributed by atoms with van der Waals surface area (Å²) in [5, 5.41) is 22.2. The van der Waals surface area contributed by atoms with Crippen LogP contribution in [0.25, 0.3) is 0 Å². The number of carboxylic acids is 1. The highest BCUT2D eigenvalue weighted by atomic mass is 16.5. The molecule has 0 fully saturated rings. The summed E-state index contributed by atoms with van der Waals surface area (Å²) in [5.74, 6) is -2.14. The predicted octanol–water partition coefficient (Wildman–Crippen LogP) is 0.0554. The summed E-state index contributed by atoms with van der Waals surface area (Å²) in [6, 6.07) is 9.87. The molecule has 140 valence electrons. The van der Waals surface area contributed by atoms with Gasteiger partial charge in [-0.25, -0.2) is 4.79 Å². The minimum Gasteiger partial charge on any atom is -0.534 e. The maximum Gasteiger partial charge on any atom is 0.547 e. The summed E-state index contributed by atoms with van der Waals surface area (Å²) in [6.45, 7) is 0.545. The standard InChI is InChI=1S/C18H20BN3O5/c20-8-10-4-11(9-21)6-13(5-10)17(23)22-15-7-12-2-1-3-14(18(24)25)16(12)27-19(15)26/h1-6,15,26H,7-9,20-21H2,(H,22,23)(H,24,25)/t15-/m0/s1. The molecule has 8 nitrogen and oxygen atoms in total. The minimum atomic E-state index is -1.37. The number of para-hydroxylation sites is 1. The highest BCUT2D eigenvalue weighted by Gasteiger charge is 2.37. The summed E-state index contributed by atoms with van der Waals surface area (Å²) in [7, 11) is -1.37. The summed E-state index contributed by atoms with van der Waals surface area (Å²) in [6.07, 6.45) is 0.240. The van der Waals surface area contributed by atoms with Gasteiger partial charge < -0.3 is 31.6 Å². The van der Waals surface area contributed by atoms with Crippen LogP contribution in [0, 0.1) is 0 Å². The number of carbonyl (C=O) groups excluding carboxylic acids is 1. The fourth-order valence-electron chi connectivity index (χ4n) is 3.10. The lowest BCUT2D eigenvalue weighted by molar-refractivity contribution is 0.0693. The third kappa shape index (κ3) is 3.95. The van der Waals surface area contributed by atoms with E-state index in [1.54, 1.807) is 24.3 Å². The van der Waals surface area contributed by atoms with Gasteiger partial charge in [0, 0.05) is 18.7 Å². The Balaban J connectivity index is 1.82. The minimum absolute atomic E-state index is 0.0282. The number of carboxylic acid groups (broad SMARTS) is 1. The van der Waals surface area contributed by atoms with E-state index in [9.17, 15) is 19.7 Å². The van der Waals surface area contributed by atoms with Crippen molar-refractivity contribution in [2.75, 3.05) is 0 Å². The summed E-state index contributed by atoms with van der Waals surface area (Å²) in [5.41, 5.74) is 13.8. The molecule has 1 amide bonds. The third-order valence-corrected chi connectivity index (χ3v) is 4.45. The second kappa shape index (κ2) is 7.79. The van der Waals surface area contributed by atoms with Crippen LogP contribution in [0.4, 0.5) is 0 Å². The Morgan fingerprint density at radius 3 is 2.44 bits per heavy atom. The number of amides is 1. The fourth-order valence-corrected chi connectivity index (χ4v) is 3.10. The molecule has 0 radical (unpaired) electrons. The van der Waals surface area contributed by atoms with E-state index in [4.69, 9.17) is 16.1 Å². The predicted molar refractivity (Wildman–Crippen MR) is 99.2 cm³/mol. The van der Waals surface area contributed by atoms with Crippen LogP contribution in [-0.4, -0.2) is 35.1 Å². The molecule has 9 heteroatoms. The molecule has 0 bridgehead atoms. The van der Waals surface area contributed by atoms with Crippen LogP contribution < -0.4 is 21.4 Å². The maximum absolute atomic E-state index is 12.6. The molecule has 0 aliphatic carbocycles. The largest absolute Gasteiger partial charge is 0.547 e. The van der Waals surface area contributed by atoms with Crippen molar-refractivity contribution in [1.29, 1.82) is 0 Å². The molecule has 0 saturated carbocycles. The highest BCUT2D eigenvalue weighted by molar-refractivity contribution is 6.47. The monoisotopic (exact) mass is 369 g/mol. The molecule has 1 aliphatic heterocycles. The summed E-state index contributed by atoms with van der Waals surface area (Å²) < 4.78 is 5.38. The second-order valence-corrected chi connectivity index (χ2v) is 6.34. The van der Waals surface area contributed by atoms with Gasteiger partial charge in [0.2, 0.25) is 0 Å². The highest BCUT2D eigenvalue weighted by Crippen LogP contribution is 2.30. The molecule has 0 spiro atoms. The Hall–Kier alpha value is -2.88. The Bertz CT molecular complexity index is 867. The van der Waals surface area contributed by atoms with E-state index >= 15 is 0 Å². The number of aromatic carboxylic acids is 1. The van der Waals surface area contributed by atoms with Gasteiger partial charge in [0.15, 0.2) is 0 Å². The van der Waals surface area contributed by atoms with Gasteiger partial charge in [0.1, 0.15) is 5.75 Å². The van der Waals surface area contributed by atoms with Crippen LogP contribution in [0.15, 0.2) is 36.4 Å². The summed E-state index contributed by atoms with van der Waals surface area (Å²) >= 11 is 0. The Morgan fingerprint density at radius 2 is 1.85 bits per heavy atom. The average Bonchev–Trinajstić information content (AvgIpc) is 2.67. The van der Waals surface area contributed by atoms with E-state index in [1.807, 2.05) is 6.07 Å². The van der Waals surface area contributed by atoms with Gasteiger partial charge in [-0.3, -0.25) is 4.79 Å². The number of nitrogens with two attached hydrogens (primary N) is 2. The molecule has 1 atom stereocenters. The lowest BCUT2D eigenvalue weighted by Crippen LogP contribution is -2.53. The number of carbonyl (C=O) groups is 2. The lowest BCUT2D eigenvalue weighted by atomic mass is 9.72. The van der Waals surface area contributed by atoms with E-state index in [2.05, 4.69) is 5.32 Å². The first kappa shape index (κ1) is 18.9. The lowest BCUT2D eigenvalue weighted by Gasteiger charge is -2.29. The van der Waals surface area contributed by atoms with Gasteiger partial charge in [-0.15, -0.1) is 0 Å². The topological polar surface area (TPSA) is 148 Å². The van der Waals surface area contributed by atoms with Crippen molar-refractivity contribution >= 4 is 19.0 Å². The number of nitrogens with one attached hydrogen (secondary N) is 1. The van der Waals surface area contributed by atoms with E-state index in [0.29, 0.717) is 11.1 Å². The first-order valence-electron chi connectivity index (χ1n) is 8.46. The quantitative estimate of drug-likeness (QED) is 0.468. The fraction of sp³-hybridized carbons (Fsp3) is 0.222. The maximum atomic E-state index is 12.6. The number of benzene rings is 2. The van der Waals surface area contributed by atoms with Crippen LogP contribution in [0.5, 0.6) is 5.75 Å². The van der Waals surface area contributed by atoms with Crippen LogP contribution in [0.2, 0.25) is 0 Å². The van der Waals surface area contributed by atoms with Crippen LogP contribution in [0.3, 0.4) is 0 Å². The van der Waals surface area contributed by atoms with Crippen LogP contribution >= 0.6 is 0 Å². The molecule has 7 N–H and O–H groups in total. The van der Waals surface area contributed by atoms with Crippen molar-refractivity contribution < 1.29 is 24.4 Å². The SMILES string of the molecule is NCc1cc(CN)cc(C(=O)N[C@H]2Cc3cccc(C(=O)O)c3OB2O)c1. The summed E-state index contributed by atoms with van der Waals surface area (Å²) in [4.78, 5) is 23.9. The van der Waals surface area contributed by atoms with Crippen molar-refractivity contribution in [3.05, 3.63) is 64.2 Å². The van der Waals surface area contributed by atoms with Gasteiger partial charge in [0.25, 0.3) is 5.91 Å². The molecule has 0 aromatic heterocycles. The smallest absolute Gasteiger partial charge is 0.534 e. The average molecular weight is 369 g/mol. The molecule has 27 heavy (non-hydrogen) atoms. The molecule has 2 aromatic carbocycles. The van der Waals surface area contributed by atoms with Gasteiger partial charge in [0.05, 0.1) is 11.5 Å². The van der Waals surface area contributed by atoms with Gasteiger partial charge in [-0.05, 0) is 41.3 Å². The Kier molecular flexibility index (Phi) is 5.45. The van der Waals surface area contributed by atoms with Gasteiger partial charge >= 0.3 is 13.1 Å². The van der Waals surface area contributed by atoms with E-state index in [1.165, 1.54) is 6.07 Å². The van der Waals surface area contributed by atoms with Gasteiger partial charge in [-0.2, -0.15) is 0 Å². The Morgan fingerprint density at radius 1 is 1.19 bits per heavy atom. The Labute approximate surface area is 156 Å². The first-order chi connectivity index (χ1) is 12.9. The molecule has 1 heterocycles. The number of hydrogen-bond acceptors (Lipinski definition) is 6. The third-order valence-electron chi connectivity index (χ3n) is 4.45.